The molecule has 0 aromatic heterocycles. The van der Waals surface area contributed by atoms with Crippen LogP contribution in [0.25, 0.3) is 0 Å². The van der Waals surface area contributed by atoms with Gasteiger partial charge in [-0.2, -0.15) is 0 Å². The number of rotatable bonds is 1. The largest absolute Gasteiger partial charge is 0.335 e. The van der Waals surface area contributed by atoms with Crippen LogP contribution in [0, 0.1) is 12.3 Å². The Bertz CT molecular complexity index is 217. The first-order valence-electron chi connectivity index (χ1n) is 3.39. The minimum Gasteiger partial charge on any atom is -0.335 e. The molecule has 0 aromatic rings. The van der Waals surface area contributed by atoms with Crippen LogP contribution in [0.2, 0.25) is 0 Å². The summed E-state index contributed by atoms with van der Waals surface area (Å²) in [4.78, 5) is 21.2. The molecule has 3 N–H and O–H groups in total. The second-order valence-electron chi connectivity index (χ2n) is 2.35. The van der Waals surface area contributed by atoms with Crippen LogP contribution >= 0.6 is 0 Å². The zero-order valence-electron chi connectivity index (χ0n) is 6.97. The normalized spacial score (nSPS) is 8.50. The maximum absolute atomic E-state index is 10.8. The molecule has 0 radical (unpaired) electrons. The first kappa shape index (κ1) is 10.3. The summed E-state index contributed by atoms with van der Waals surface area (Å²) in [6.07, 6.45) is 4.73. The summed E-state index contributed by atoms with van der Waals surface area (Å²) in [6.45, 7) is 3.59. The Morgan fingerprint density at radius 1 is 1.33 bits per heavy atom. The molecule has 0 heterocycles. The summed E-state index contributed by atoms with van der Waals surface area (Å²) in [5.41, 5.74) is 4.07. The van der Waals surface area contributed by atoms with Crippen LogP contribution in [-0.4, -0.2) is 18.0 Å². The number of urea groups is 1. The van der Waals surface area contributed by atoms with E-state index in [9.17, 15) is 9.59 Å². The number of carbonyl (C=O) groups excluding carboxylic acids is 2. The van der Waals surface area contributed by atoms with E-state index in [1.807, 2.05) is 5.43 Å². The van der Waals surface area contributed by atoms with E-state index in [1.54, 1.807) is 19.8 Å². The standard InChI is InChI=1S/C7H11N3O2/c1-4-6(11)9-10-7(12)8-5(2)3/h1,5H,2-3H3,(H,9,11)(H2,8,10,12). The lowest BCUT2D eigenvalue weighted by Gasteiger charge is -2.08. The Labute approximate surface area is 70.9 Å². The van der Waals surface area contributed by atoms with Crippen LogP contribution < -0.4 is 16.2 Å². The van der Waals surface area contributed by atoms with Crippen molar-refractivity contribution in [3.63, 3.8) is 0 Å². The molecular weight excluding hydrogens is 158 g/mol. The second kappa shape index (κ2) is 5.02. The van der Waals surface area contributed by atoms with E-state index < -0.39 is 11.9 Å². The van der Waals surface area contributed by atoms with Crippen LogP contribution in [0.5, 0.6) is 0 Å². The van der Waals surface area contributed by atoms with E-state index in [0.717, 1.165) is 0 Å². The van der Waals surface area contributed by atoms with E-state index >= 15 is 0 Å². The van der Waals surface area contributed by atoms with Gasteiger partial charge in [0.1, 0.15) is 0 Å². The van der Waals surface area contributed by atoms with Gasteiger partial charge in [0.15, 0.2) is 0 Å². The van der Waals surface area contributed by atoms with Crippen molar-refractivity contribution in [1.82, 2.24) is 16.2 Å². The van der Waals surface area contributed by atoms with E-state index in [4.69, 9.17) is 6.42 Å². The van der Waals surface area contributed by atoms with Crippen molar-refractivity contribution in [2.45, 2.75) is 19.9 Å². The molecule has 3 amide bonds. The third kappa shape index (κ3) is 5.11. The monoisotopic (exact) mass is 169 g/mol. The molecule has 0 spiro atoms. The Balaban J connectivity index is 3.59. The maximum atomic E-state index is 10.8. The van der Waals surface area contributed by atoms with Gasteiger partial charge >= 0.3 is 11.9 Å². The molecule has 0 aliphatic rings. The quantitative estimate of drug-likeness (QED) is 0.361. The van der Waals surface area contributed by atoms with Gasteiger partial charge < -0.3 is 5.32 Å². The molecule has 12 heavy (non-hydrogen) atoms. The SMILES string of the molecule is C#CC(=O)NNC(=O)NC(C)C. The topological polar surface area (TPSA) is 70.2 Å². The summed E-state index contributed by atoms with van der Waals surface area (Å²) >= 11 is 0. The molecule has 0 saturated carbocycles. The predicted molar refractivity (Wildman–Crippen MR) is 43.8 cm³/mol. The Morgan fingerprint density at radius 3 is 2.33 bits per heavy atom. The van der Waals surface area contributed by atoms with Gasteiger partial charge in [-0.3, -0.25) is 10.2 Å². The van der Waals surface area contributed by atoms with Gasteiger partial charge in [0.25, 0.3) is 0 Å². The highest BCUT2D eigenvalue weighted by Crippen LogP contribution is 1.74. The average Bonchev–Trinajstić information content (AvgIpc) is 1.99. The summed E-state index contributed by atoms with van der Waals surface area (Å²) in [6, 6.07) is -0.485. The van der Waals surface area contributed by atoms with Crippen LogP contribution in [0.3, 0.4) is 0 Å². The van der Waals surface area contributed by atoms with Crippen molar-refractivity contribution in [2.24, 2.45) is 0 Å². The summed E-state index contributed by atoms with van der Waals surface area (Å²) < 4.78 is 0. The predicted octanol–water partition coefficient (Wildman–Crippen LogP) is -0.642. The van der Waals surface area contributed by atoms with Gasteiger partial charge in [-0.1, -0.05) is 0 Å². The fraction of sp³-hybridized carbons (Fsp3) is 0.429. The van der Waals surface area contributed by atoms with E-state index in [0.29, 0.717) is 0 Å². The molecule has 0 rings (SSSR count). The highest BCUT2D eigenvalue weighted by Gasteiger charge is 2.01. The van der Waals surface area contributed by atoms with Crippen LogP contribution in [0.15, 0.2) is 0 Å². The number of hydrogen-bond donors (Lipinski definition) is 3. The average molecular weight is 169 g/mol. The van der Waals surface area contributed by atoms with Gasteiger partial charge in [-0.15, -0.1) is 6.42 Å². The smallest absolute Gasteiger partial charge is 0.333 e. The summed E-state index contributed by atoms with van der Waals surface area (Å²) in [7, 11) is 0. The van der Waals surface area contributed by atoms with Crippen LogP contribution in [0.1, 0.15) is 13.8 Å². The highest BCUT2D eigenvalue weighted by molar-refractivity contribution is 5.93. The first-order chi connectivity index (χ1) is 5.56. The zero-order chi connectivity index (χ0) is 9.56. The van der Waals surface area contributed by atoms with Gasteiger partial charge in [-0.05, 0) is 19.8 Å². The van der Waals surface area contributed by atoms with Crippen molar-refractivity contribution < 1.29 is 9.59 Å². The van der Waals surface area contributed by atoms with E-state index in [1.165, 1.54) is 0 Å². The first-order valence-corrected chi connectivity index (χ1v) is 3.39. The van der Waals surface area contributed by atoms with Gasteiger partial charge in [-0.25, -0.2) is 10.2 Å². The summed E-state index contributed by atoms with van der Waals surface area (Å²) in [5.74, 6) is 1.09. The second-order valence-corrected chi connectivity index (χ2v) is 2.35. The highest BCUT2D eigenvalue weighted by atomic mass is 16.2. The molecule has 0 aliphatic heterocycles. The van der Waals surface area contributed by atoms with Crippen molar-refractivity contribution in [2.75, 3.05) is 0 Å². The fourth-order valence-corrected chi connectivity index (χ4v) is 0.448. The molecular formula is C7H11N3O2. The number of hydrogen-bond acceptors (Lipinski definition) is 2. The van der Waals surface area contributed by atoms with Crippen molar-refractivity contribution in [3.05, 3.63) is 0 Å². The fourth-order valence-electron chi connectivity index (χ4n) is 0.448. The molecule has 0 aromatic carbocycles. The molecule has 0 aliphatic carbocycles. The van der Waals surface area contributed by atoms with Crippen LogP contribution in [0.4, 0.5) is 4.79 Å². The number of nitrogens with one attached hydrogen (secondary N) is 3. The third-order valence-corrected chi connectivity index (χ3v) is 0.840. The van der Waals surface area contributed by atoms with Gasteiger partial charge in [0, 0.05) is 6.04 Å². The van der Waals surface area contributed by atoms with Crippen molar-refractivity contribution in [3.8, 4) is 12.3 Å². The molecule has 0 atom stereocenters. The lowest BCUT2D eigenvalue weighted by Crippen LogP contribution is -2.48. The molecule has 0 bridgehead atoms. The van der Waals surface area contributed by atoms with Crippen molar-refractivity contribution in [1.29, 1.82) is 0 Å². The van der Waals surface area contributed by atoms with Gasteiger partial charge in [0.05, 0.1) is 0 Å². The number of hydrazine groups is 1. The molecule has 0 saturated heterocycles. The molecule has 66 valence electrons. The Kier molecular flexibility index (Phi) is 4.31. The lowest BCUT2D eigenvalue weighted by atomic mass is 10.4. The molecule has 5 nitrogen and oxygen atoms in total. The minimum absolute atomic E-state index is 0.00716. The lowest BCUT2D eigenvalue weighted by molar-refractivity contribution is -0.116. The zero-order valence-corrected chi connectivity index (χ0v) is 6.97. The van der Waals surface area contributed by atoms with E-state index in [-0.39, 0.29) is 6.04 Å². The van der Waals surface area contributed by atoms with E-state index in [2.05, 4.69) is 10.7 Å². The minimum atomic E-state index is -0.686. The molecule has 5 heteroatoms. The number of carbonyl (C=O) groups is 2. The number of terminal acetylenes is 1. The Hall–Kier alpha value is -1.70. The summed E-state index contributed by atoms with van der Waals surface area (Å²) in [5, 5.41) is 2.49. The molecule has 0 fully saturated rings. The third-order valence-electron chi connectivity index (χ3n) is 0.840. The Morgan fingerprint density at radius 2 is 1.92 bits per heavy atom. The van der Waals surface area contributed by atoms with Crippen LogP contribution in [-0.2, 0) is 4.79 Å². The molecule has 0 unspecified atom stereocenters. The van der Waals surface area contributed by atoms with Gasteiger partial charge in [0.2, 0.25) is 0 Å². The van der Waals surface area contributed by atoms with Crippen molar-refractivity contribution >= 4 is 11.9 Å². The number of amides is 3. The maximum Gasteiger partial charge on any atom is 0.333 e.